The number of amidine groups is 1. The summed E-state index contributed by atoms with van der Waals surface area (Å²) >= 11 is 11.7. The second kappa shape index (κ2) is 12.2. The number of alkyl halides is 1. The van der Waals surface area contributed by atoms with E-state index in [-0.39, 0.29) is 11.9 Å². The molecule has 2 N–H and O–H groups in total. The summed E-state index contributed by atoms with van der Waals surface area (Å²) in [6, 6.07) is 12.6. The lowest BCUT2D eigenvalue weighted by molar-refractivity contribution is -0.120. The first-order chi connectivity index (χ1) is 17.9. The van der Waals surface area contributed by atoms with E-state index in [4.69, 9.17) is 16.6 Å². The van der Waals surface area contributed by atoms with Crippen molar-refractivity contribution >= 4 is 63.6 Å². The van der Waals surface area contributed by atoms with Gasteiger partial charge in [-0.3, -0.25) is 19.7 Å². The summed E-state index contributed by atoms with van der Waals surface area (Å²) in [6.07, 6.45) is 4.79. The monoisotopic (exact) mass is 605 g/mol. The Morgan fingerprint density at radius 3 is 2.62 bits per heavy atom. The van der Waals surface area contributed by atoms with Gasteiger partial charge in [0.2, 0.25) is 5.91 Å². The van der Waals surface area contributed by atoms with Gasteiger partial charge in [-0.1, -0.05) is 39.7 Å². The predicted molar refractivity (Wildman–Crippen MR) is 155 cm³/mol. The molecule has 1 aliphatic carbocycles. The number of halogens is 3. The highest BCUT2D eigenvalue weighted by molar-refractivity contribution is 9.08. The molecule has 3 fully saturated rings. The molecule has 0 atom stereocenters. The summed E-state index contributed by atoms with van der Waals surface area (Å²) < 4.78 is 16.5. The highest BCUT2D eigenvalue weighted by Crippen LogP contribution is 2.59. The van der Waals surface area contributed by atoms with Crippen LogP contribution in [0.5, 0.6) is 0 Å². The Labute approximate surface area is 235 Å². The number of amides is 1. The molecule has 0 bridgehead atoms. The van der Waals surface area contributed by atoms with E-state index >= 15 is 0 Å². The summed E-state index contributed by atoms with van der Waals surface area (Å²) in [7, 11) is 1.50. The molecule has 1 saturated carbocycles. The van der Waals surface area contributed by atoms with E-state index in [1.807, 2.05) is 0 Å². The Bertz CT molecular complexity index is 1230. The van der Waals surface area contributed by atoms with Gasteiger partial charge in [0.25, 0.3) is 0 Å². The van der Waals surface area contributed by atoms with Gasteiger partial charge in [-0.2, -0.15) is 0 Å². The van der Waals surface area contributed by atoms with Crippen molar-refractivity contribution in [1.29, 1.82) is 0 Å². The molecule has 2 saturated heterocycles. The van der Waals surface area contributed by atoms with Gasteiger partial charge in [0, 0.05) is 35.1 Å². The van der Waals surface area contributed by atoms with Gasteiger partial charge in [-0.05, 0) is 87.3 Å². The number of piperidine rings is 1. The van der Waals surface area contributed by atoms with E-state index < -0.39 is 11.2 Å². The van der Waals surface area contributed by atoms with E-state index in [1.54, 1.807) is 18.1 Å². The van der Waals surface area contributed by atoms with Gasteiger partial charge in [0.05, 0.1) is 22.2 Å². The SMILES string of the molecule is C=N/C=C1\C(=NC2CCN(Sc3cccc(CBr)c3)CC2)N(c2cc(F)ccc2Cl)C(=O)C12CC2.CN. The maximum atomic E-state index is 14.1. The number of carbonyl (C=O) groups excluding carboxylic acids is 1. The van der Waals surface area contributed by atoms with Crippen LogP contribution in [0.4, 0.5) is 10.1 Å². The molecule has 0 radical (unpaired) electrons. The van der Waals surface area contributed by atoms with E-state index in [2.05, 4.69) is 61.9 Å². The third kappa shape index (κ3) is 5.86. The largest absolute Gasteiger partial charge is 0.333 e. The van der Waals surface area contributed by atoms with Crippen LogP contribution in [-0.2, 0) is 10.1 Å². The minimum Gasteiger partial charge on any atom is -0.333 e. The van der Waals surface area contributed by atoms with Crippen molar-refractivity contribution in [1.82, 2.24) is 4.31 Å². The van der Waals surface area contributed by atoms with Crippen LogP contribution in [0.25, 0.3) is 0 Å². The highest BCUT2D eigenvalue weighted by Gasteiger charge is 2.62. The Morgan fingerprint density at radius 1 is 1.24 bits per heavy atom. The van der Waals surface area contributed by atoms with Gasteiger partial charge < -0.3 is 5.73 Å². The second-order valence-electron chi connectivity index (χ2n) is 9.03. The predicted octanol–water partition coefficient (Wildman–Crippen LogP) is 6.23. The van der Waals surface area contributed by atoms with Crippen LogP contribution in [0.3, 0.4) is 0 Å². The number of hydrogen-bond donors (Lipinski definition) is 1. The molecule has 2 aromatic carbocycles. The standard InChI is InChI=1S/C26H25BrClFN4OS.CH5N/c1-30-16-21-24(33(25(34)26(21)9-10-26)23-14-18(29)5-6-22(23)28)31-19-7-11-32(12-8-19)35-20-4-2-3-17(13-20)15-27;1-2/h2-6,13-14,16,19H,1,7-12,15H2;2H2,1H3/b21-16+,31-24?;. The lowest BCUT2D eigenvalue weighted by atomic mass is 9.99. The first kappa shape index (κ1) is 28.0. The summed E-state index contributed by atoms with van der Waals surface area (Å²) in [6.45, 7) is 5.36. The van der Waals surface area contributed by atoms with Gasteiger partial charge in [0.1, 0.15) is 11.7 Å². The molecule has 37 heavy (non-hydrogen) atoms. The Balaban J connectivity index is 0.00000156. The van der Waals surface area contributed by atoms with Crippen molar-refractivity contribution in [3.05, 3.63) is 70.6 Å². The number of aliphatic imine (C=N–C) groups is 2. The van der Waals surface area contributed by atoms with Gasteiger partial charge >= 0.3 is 0 Å². The zero-order valence-corrected chi connectivity index (χ0v) is 23.8. The molecule has 1 amide bonds. The molecule has 10 heteroatoms. The smallest absolute Gasteiger partial charge is 0.243 e. The summed E-state index contributed by atoms with van der Waals surface area (Å²) in [5.74, 6) is -0.0307. The van der Waals surface area contributed by atoms with Crippen molar-refractivity contribution in [2.45, 2.75) is 42.0 Å². The average molecular weight is 607 g/mol. The zero-order valence-electron chi connectivity index (χ0n) is 20.7. The third-order valence-corrected chi connectivity index (χ3v) is 8.77. The topological polar surface area (TPSA) is 74.3 Å². The Kier molecular flexibility index (Phi) is 9.24. The fraction of sp³-hybridized carbons (Fsp3) is 0.370. The van der Waals surface area contributed by atoms with Gasteiger partial charge in [0.15, 0.2) is 0 Å². The van der Waals surface area contributed by atoms with Gasteiger partial charge in [-0.15, -0.1) is 0 Å². The minimum absolute atomic E-state index is 0.0421. The molecule has 0 aromatic heterocycles. The molecular weight excluding hydrogens is 577 g/mol. The highest BCUT2D eigenvalue weighted by atomic mass is 79.9. The van der Waals surface area contributed by atoms with Crippen molar-refractivity contribution in [2.24, 2.45) is 21.1 Å². The van der Waals surface area contributed by atoms with E-state index in [0.29, 0.717) is 16.5 Å². The average Bonchev–Trinajstić information content (AvgIpc) is 3.69. The second-order valence-corrected chi connectivity index (χ2v) is 11.2. The van der Waals surface area contributed by atoms with E-state index in [1.165, 1.54) is 40.6 Å². The molecule has 2 aromatic rings. The molecule has 1 spiro atoms. The fourth-order valence-corrected chi connectivity index (χ4v) is 6.30. The fourth-order valence-electron chi connectivity index (χ4n) is 4.72. The molecular formula is C27H30BrClFN5OS. The lowest BCUT2D eigenvalue weighted by Gasteiger charge is -2.30. The first-order valence-electron chi connectivity index (χ1n) is 12.1. The van der Waals surface area contributed by atoms with E-state index in [0.717, 1.165) is 49.7 Å². The third-order valence-electron chi connectivity index (χ3n) is 6.72. The molecule has 3 aliphatic rings. The zero-order chi connectivity index (χ0) is 26.6. The number of nitrogens with zero attached hydrogens (tertiary/aromatic N) is 4. The lowest BCUT2D eigenvalue weighted by Crippen LogP contribution is -2.35. The molecule has 6 nitrogen and oxygen atoms in total. The molecule has 0 unspecified atom stereocenters. The van der Waals surface area contributed by atoms with Crippen LogP contribution < -0.4 is 10.6 Å². The molecule has 2 heterocycles. The Morgan fingerprint density at radius 2 is 1.97 bits per heavy atom. The number of hydrogen-bond acceptors (Lipinski definition) is 6. The van der Waals surface area contributed by atoms with Crippen LogP contribution in [-0.4, -0.2) is 48.9 Å². The van der Waals surface area contributed by atoms with Crippen molar-refractivity contribution in [3.8, 4) is 0 Å². The Hall–Kier alpha value is -2.04. The number of anilines is 1. The molecule has 5 rings (SSSR count). The van der Waals surface area contributed by atoms with Gasteiger partial charge in [-0.25, -0.2) is 8.70 Å². The van der Waals surface area contributed by atoms with E-state index in [9.17, 15) is 9.18 Å². The molecule has 2 aliphatic heterocycles. The van der Waals surface area contributed by atoms with Crippen LogP contribution >= 0.6 is 39.5 Å². The van der Waals surface area contributed by atoms with Crippen LogP contribution in [0.15, 0.2) is 69.1 Å². The quantitative estimate of drug-likeness (QED) is 0.240. The maximum Gasteiger partial charge on any atom is 0.243 e. The number of rotatable bonds is 6. The summed E-state index contributed by atoms with van der Waals surface area (Å²) in [4.78, 5) is 25.3. The van der Waals surface area contributed by atoms with Crippen LogP contribution in [0.1, 0.15) is 31.2 Å². The normalized spacial score (nSPS) is 21.4. The summed E-state index contributed by atoms with van der Waals surface area (Å²) in [5, 5.41) is 1.15. The first-order valence-corrected chi connectivity index (χ1v) is 14.4. The van der Waals surface area contributed by atoms with Crippen LogP contribution in [0, 0.1) is 11.2 Å². The number of benzene rings is 2. The van der Waals surface area contributed by atoms with Crippen LogP contribution in [0.2, 0.25) is 5.02 Å². The maximum absolute atomic E-state index is 14.1. The molecule has 196 valence electrons. The number of nitrogens with two attached hydrogens (primary N) is 1. The van der Waals surface area contributed by atoms with Crippen molar-refractivity contribution in [3.63, 3.8) is 0 Å². The van der Waals surface area contributed by atoms with Crippen molar-refractivity contribution in [2.75, 3.05) is 25.0 Å². The summed E-state index contributed by atoms with van der Waals surface area (Å²) in [5.41, 5.74) is 6.20. The van der Waals surface area contributed by atoms with Crippen molar-refractivity contribution < 1.29 is 9.18 Å². The number of carbonyl (C=O) groups is 1. The minimum atomic E-state index is -0.646.